The van der Waals surface area contributed by atoms with Gasteiger partial charge in [-0.25, -0.2) is 0 Å². The van der Waals surface area contributed by atoms with E-state index in [1.165, 1.54) is 0 Å². The van der Waals surface area contributed by atoms with Crippen LogP contribution in [0.25, 0.3) is 0 Å². The number of carbonyl (C=O) groups excluding carboxylic acids is 1. The third-order valence-electron chi connectivity index (χ3n) is 0. The maximum atomic E-state index is 8.66. The van der Waals surface area contributed by atoms with Gasteiger partial charge < -0.3 is 34.3 Å². The standard InChI is InChI=1S/CH2O3.2Cd.H3O4P/c2-1(3)4;;;1-5(2,3)4/h(H2,2,3,4);;;(H3,1,2,3,4)/q;2*+2;/p-4. The first-order valence-electron chi connectivity index (χ1n) is 1.36. The molecule has 0 aromatic carbocycles. The van der Waals surface area contributed by atoms with Crippen molar-refractivity contribution >= 4 is 14.0 Å². The van der Waals surface area contributed by atoms with Crippen LogP contribution in [0.3, 0.4) is 0 Å². The van der Waals surface area contributed by atoms with Gasteiger partial charge in [0.05, 0.1) is 7.82 Å². The number of hydrogen-bond acceptors (Lipinski definition) is 6. The molecule has 11 heavy (non-hydrogen) atoms. The van der Waals surface area contributed by atoms with Gasteiger partial charge in [-0.3, -0.25) is 0 Å². The van der Waals surface area contributed by atoms with Gasteiger partial charge in [0.15, 0.2) is 0 Å². The molecule has 0 aliphatic heterocycles. The van der Waals surface area contributed by atoms with Crippen molar-refractivity contribution in [2.75, 3.05) is 0 Å². The summed E-state index contributed by atoms with van der Waals surface area (Å²) in [7, 11) is -5.14. The smallest absolute Gasteiger partial charge is 0.790 e. The molecular weight excluding hydrogens is 380 g/mol. The van der Waals surface area contributed by atoms with Gasteiger partial charge in [0.25, 0.3) is 0 Å². The van der Waals surface area contributed by atoms with Crippen molar-refractivity contribution in [1.82, 2.24) is 0 Å². The van der Waals surface area contributed by atoms with Crippen molar-refractivity contribution in [2.24, 2.45) is 0 Å². The van der Waals surface area contributed by atoms with Gasteiger partial charge in [-0.05, 0) is 6.16 Å². The van der Waals surface area contributed by atoms with E-state index in [1.54, 1.807) is 0 Å². The van der Waals surface area contributed by atoms with Crippen LogP contribution in [0.4, 0.5) is 4.79 Å². The summed E-state index contributed by atoms with van der Waals surface area (Å²) in [6.45, 7) is 0. The van der Waals surface area contributed by atoms with Gasteiger partial charge in [0.2, 0.25) is 0 Å². The SMILES string of the molecule is O=C([O-])[O-].O=P([O-])([O-])O.[Cd+2].[Cd+2]. The van der Waals surface area contributed by atoms with E-state index < -0.39 is 14.0 Å². The Morgan fingerprint density at radius 3 is 1.18 bits per heavy atom. The van der Waals surface area contributed by atoms with Gasteiger partial charge in [-0.1, -0.05) is 0 Å². The molecule has 0 amide bonds. The molecule has 0 heterocycles. The van der Waals surface area contributed by atoms with E-state index in [4.69, 9.17) is 34.3 Å². The topological polar surface area (TPSA) is 147 Å². The quantitative estimate of drug-likeness (QED) is 0.328. The fraction of sp³-hybridized carbons (Fsp3) is 0. The summed E-state index contributed by atoms with van der Waals surface area (Å²) < 4.78 is 8.66. The van der Waals surface area contributed by atoms with Crippen molar-refractivity contribution in [2.45, 2.75) is 0 Å². The zero-order valence-electron chi connectivity index (χ0n) is 5.26. The van der Waals surface area contributed by atoms with E-state index in [0.29, 0.717) is 0 Å². The molecule has 0 aliphatic rings. The first-order chi connectivity index (χ1) is 3.73. The summed E-state index contributed by atoms with van der Waals surface area (Å²) in [5.74, 6) is 0. The molecule has 0 bridgehead atoms. The molecule has 0 rings (SSSR count). The minimum absolute atomic E-state index is 0. The number of phosphoric acid groups is 1. The van der Waals surface area contributed by atoms with Crippen LogP contribution in [-0.4, -0.2) is 11.0 Å². The van der Waals surface area contributed by atoms with Gasteiger partial charge in [-0.2, -0.15) is 0 Å². The molecule has 0 aromatic rings. The van der Waals surface area contributed by atoms with Crippen molar-refractivity contribution in [3.8, 4) is 0 Å². The maximum Gasteiger partial charge on any atom is 2.00 e. The van der Waals surface area contributed by atoms with Gasteiger partial charge in [0, 0.05) is 0 Å². The molecule has 0 fully saturated rings. The normalized spacial score (nSPS) is 7.55. The van der Waals surface area contributed by atoms with Crippen molar-refractivity contribution < 1.29 is 88.9 Å². The molecule has 0 saturated carbocycles. The molecule has 0 atom stereocenters. The predicted octanol–water partition coefficient (Wildman–Crippen LogP) is -4.64. The molecule has 0 radical (unpaired) electrons. The first-order valence-corrected chi connectivity index (χ1v) is 2.86. The predicted molar refractivity (Wildman–Crippen MR) is 15.2 cm³/mol. The fourth-order valence-electron chi connectivity index (χ4n) is 0. The second-order valence-corrected chi connectivity index (χ2v) is 1.66. The minimum atomic E-state index is -5.14. The average molecular weight is 381 g/mol. The third kappa shape index (κ3) is 637. The van der Waals surface area contributed by atoms with Crippen molar-refractivity contribution in [1.29, 1.82) is 0 Å². The van der Waals surface area contributed by atoms with Crippen LogP contribution < -0.4 is 20.0 Å². The zero-order valence-corrected chi connectivity index (χ0v) is 14.2. The minimum Gasteiger partial charge on any atom is -0.790 e. The van der Waals surface area contributed by atoms with E-state index in [1.807, 2.05) is 0 Å². The first kappa shape index (κ1) is 22.8. The molecule has 1 N–H and O–H groups in total. The summed E-state index contributed by atoms with van der Waals surface area (Å²) in [4.78, 5) is 32.6. The summed E-state index contributed by atoms with van der Waals surface area (Å²) in [6, 6.07) is 0. The van der Waals surface area contributed by atoms with Crippen LogP contribution in [0.5, 0.6) is 0 Å². The van der Waals surface area contributed by atoms with Crippen LogP contribution >= 0.6 is 7.82 Å². The summed E-state index contributed by atoms with van der Waals surface area (Å²) in [6.07, 6.45) is -2.33. The third-order valence-corrected chi connectivity index (χ3v) is 0. The molecule has 0 unspecified atom stereocenters. The molecule has 7 nitrogen and oxygen atoms in total. The Kier molecular flexibility index (Phi) is 23.2. The Morgan fingerprint density at radius 1 is 1.18 bits per heavy atom. The molecule has 0 spiro atoms. The van der Waals surface area contributed by atoms with Gasteiger partial charge in [-0.15, -0.1) is 0 Å². The molecule has 0 saturated heterocycles. The number of hydrogen-bond donors (Lipinski definition) is 1. The summed E-state index contributed by atoms with van der Waals surface area (Å²) in [5, 5.41) is 16.7. The number of carbonyl (C=O) groups is 1. The Morgan fingerprint density at radius 2 is 1.18 bits per heavy atom. The Balaban J connectivity index is -0.0000000383. The Labute approximate surface area is 102 Å². The van der Waals surface area contributed by atoms with Crippen LogP contribution in [0.15, 0.2) is 0 Å². The molecule has 10 heteroatoms. The van der Waals surface area contributed by atoms with Crippen molar-refractivity contribution in [3.05, 3.63) is 0 Å². The van der Waals surface area contributed by atoms with Crippen LogP contribution in [0.2, 0.25) is 0 Å². The monoisotopic (exact) mass is 384 g/mol. The summed E-state index contributed by atoms with van der Waals surface area (Å²) >= 11 is 0. The summed E-state index contributed by atoms with van der Waals surface area (Å²) in [5.41, 5.74) is 0. The number of rotatable bonds is 0. The Hall–Kier alpha value is 1.22. The van der Waals surface area contributed by atoms with E-state index in [2.05, 4.69) is 0 Å². The van der Waals surface area contributed by atoms with Crippen LogP contribution in [0, 0.1) is 0 Å². The van der Waals surface area contributed by atoms with Crippen LogP contribution in [-0.2, 0) is 59.2 Å². The second kappa shape index (κ2) is 11.2. The molecule has 0 aliphatic carbocycles. The molecule has 56 valence electrons. The Bertz CT molecular complexity index is 116. The largest absolute Gasteiger partial charge is 2.00 e. The second-order valence-electron chi connectivity index (χ2n) is 0.719. The molecular formula is CHCd2O7P. The molecule has 0 aromatic heterocycles. The zero-order chi connectivity index (χ0) is 8.08. The van der Waals surface area contributed by atoms with E-state index in [0.717, 1.165) is 0 Å². The van der Waals surface area contributed by atoms with E-state index in [-0.39, 0.29) is 54.6 Å². The van der Waals surface area contributed by atoms with Gasteiger partial charge in [0.1, 0.15) is 0 Å². The van der Waals surface area contributed by atoms with E-state index in [9.17, 15) is 0 Å². The average Bonchev–Trinajstić information content (AvgIpc) is 1.19. The van der Waals surface area contributed by atoms with Gasteiger partial charge >= 0.3 is 54.6 Å². The van der Waals surface area contributed by atoms with E-state index >= 15 is 0 Å². The number of carboxylic acid groups (broad SMARTS) is 2. The van der Waals surface area contributed by atoms with Crippen molar-refractivity contribution in [3.63, 3.8) is 0 Å². The fourth-order valence-corrected chi connectivity index (χ4v) is 0. The maximum absolute atomic E-state index is 8.66. The van der Waals surface area contributed by atoms with Crippen LogP contribution in [0.1, 0.15) is 0 Å².